The van der Waals surface area contributed by atoms with E-state index in [0.29, 0.717) is 11.8 Å². The number of piperidine rings is 1. The summed E-state index contributed by atoms with van der Waals surface area (Å²) in [6.07, 6.45) is 10.5. The molecular formula is C28H36BrNO3. The zero-order valence-electron chi connectivity index (χ0n) is 19.6. The van der Waals surface area contributed by atoms with Gasteiger partial charge in [0.15, 0.2) is 0 Å². The largest absolute Gasteiger partial charge is 0.481 e. The average molecular weight is 515 g/mol. The number of carbonyl (C=O) groups is 2. The van der Waals surface area contributed by atoms with E-state index in [1.807, 2.05) is 13.0 Å². The summed E-state index contributed by atoms with van der Waals surface area (Å²) in [5.41, 5.74) is 2.51. The van der Waals surface area contributed by atoms with E-state index in [4.69, 9.17) is 0 Å². The van der Waals surface area contributed by atoms with Gasteiger partial charge >= 0.3 is 5.97 Å². The molecule has 33 heavy (non-hydrogen) atoms. The second kappa shape index (κ2) is 8.10. The predicted octanol–water partition coefficient (Wildman–Crippen LogP) is 5.98. The van der Waals surface area contributed by atoms with E-state index in [1.54, 1.807) is 0 Å². The molecule has 5 heteroatoms. The van der Waals surface area contributed by atoms with Crippen molar-refractivity contribution in [1.82, 2.24) is 4.90 Å². The molecule has 4 saturated carbocycles. The van der Waals surface area contributed by atoms with Gasteiger partial charge in [-0.15, -0.1) is 0 Å². The van der Waals surface area contributed by atoms with Crippen LogP contribution in [0.2, 0.25) is 0 Å². The Morgan fingerprint density at radius 1 is 1.09 bits per heavy atom. The summed E-state index contributed by atoms with van der Waals surface area (Å²) in [6, 6.07) is 6.26. The second-order valence-electron chi connectivity index (χ2n) is 12.1. The van der Waals surface area contributed by atoms with Crippen LogP contribution in [0.1, 0.15) is 81.8 Å². The Morgan fingerprint density at radius 2 is 1.73 bits per heavy atom. The first kappa shape index (κ1) is 22.1. The smallest absolute Gasteiger partial charge is 0.306 e. The number of amides is 1. The molecule has 7 rings (SSSR count). The zero-order valence-corrected chi connectivity index (χ0v) is 21.2. The maximum Gasteiger partial charge on any atom is 0.306 e. The van der Waals surface area contributed by atoms with Gasteiger partial charge in [0.25, 0.3) is 0 Å². The van der Waals surface area contributed by atoms with Gasteiger partial charge in [0.2, 0.25) is 5.91 Å². The molecule has 0 radical (unpaired) electrons. The number of benzene rings is 1. The molecule has 5 aliphatic carbocycles. The monoisotopic (exact) mass is 513 g/mol. The third-order valence-corrected chi connectivity index (χ3v) is 11.1. The Kier molecular flexibility index (Phi) is 5.43. The van der Waals surface area contributed by atoms with Crippen LogP contribution in [0.25, 0.3) is 0 Å². The molecule has 1 spiro atoms. The molecule has 2 unspecified atom stereocenters. The fraction of sp³-hybridized carbons (Fsp3) is 0.714. The summed E-state index contributed by atoms with van der Waals surface area (Å²) in [7, 11) is 0. The number of halogens is 1. The minimum Gasteiger partial charge on any atom is -0.481 e. The lowest BCUT2D eigenvalue weighted by Gasteiger charge is -2.54. The van der Waals surface area contributed by atoms with Crippen LogP contribution in [0.5, 0.6) is 0 Å². The maximum absolute atomic E-state index is 13.4. The van der Waals surface area contributed by atoms with E-state index in [-0.39, 0.29) is 11.3 Å². The number of carboxylic acids is 1. The van der Waals surface area contributed by atoms with Gasteiger partial charge in [-0.3, -0.25) is 9.59 Å². The Labute approximate surface area is 205 Å². The first-order valence-electron chi connectivity index (χ1n) is 13.1. The van der Waals surface area contributed by atoms with E-state index in [1.165, 1.54) is 43.2 Å². The van der Waals surface area contributed by atoms with Crippen LogP contribution in [-0.2, 0) is 15.0 Å². The Hall–Kier alpha value is -1.36. The minimum absolute atomic E-state index is 0.0107. The molecular weight excluding hydrogens is 478 g/mol. The number of carbonyl (C=O) groups excluding carboxylic acids is 1. The van der Waals surface area contributed by atoms with Crippen molar-refractivity contribution in [2.75, 3.05) is 13.1 Å². The highest BCUT2D eigenvalue weighted by atomic mass is 79.9. The molecule has 0 aromatic heterocycles. The highest BCUT2D eigenvalue weighted by Gasteiger charge is 2.51. The SMILES string of the molecule is CC(C(=O)O)C1CC2(CCN(C(=O)CC3C4CC5CC(C4)CC3C5)CC2)c2c(Br)cccc21. The van der Waals surface area contributed by atoms with Crippen molar-refractivity contribution in [2.45, 2.75) is 76.0 Å². The number of hydrogen-bond acceptors (Lipinski definition) is 2. The van der Waals surface area contributed by atoms with E-state index in [2.05, 4.69) is 33.0 Å². The van der Waals surface area contributed by atoms with Crippen LogP contribution in [0, 0.1) is 35.5 Å². The van der Waals surface area contributed by atoms with Gasteiger partial charge < -0.3 is 10.0 Å². The second-order valence-corrected chi connectivity index (χ2v) is 13.0. The average Bonchev–Trinajstić information content (AvgIpc) is 3.10. The third kappa shape index (κ3) is 3.59. The van der Waals surface area contributed by atoms with E-state index in [0.717, 1.165) is 66.9 Å². The van der Waals surface area contributed by atoms with E-state index in [9.17, 15) is 14.7 Å². The van der Waals surface area contributed by atoms with Crippen molar-refractivity contribution in [1.29, 1.82) is 0 Å². The van der Waals surface area contributed by atoms with Crippen molar-refractivity contribution in [3.8, 4) is 0 Å². The first-order chi connectivity index (χ1) is 15.8. The van der Waals surface area contributed by atoms with Crippen LogP contribution >= 0.6 is 15.9 Å². The van der Waals surface area contributed by atoms with E-state index >= 15 is 0 Å². The first-order valence-corrected chi connectivity index (χ1v) is 13.9. The van der Waals surface area contributed by atoms with Gasteiger partial charge in [-0.25, -0.2) is 0 Å². The number of nitrogens with zero attached hydrogens (tertiary/aromatic N) is 1. The van der Waals surface area contributed by atoms with Crippen molar-refractivity contribution < 1.29 is 14.7 Å². The summed E-state index contributed by atoms with van der Waals surface area (Å²) in [5, 5.41) is 9.72. The van der Waals surface area contributed by atoms with Crippen LogP contribution in [0.3, 0.4) is 0 Å². The molecule has 1 aromatic carbocycles. The summed E-state index contributed by atoms with van der Waals surface area (Å²) < 4.78 is 1.11. The molecule has 1 saturated heterocycles. The molecule has 178 valence electrons. The molecule has 1 aromatic rings. The summed E-state index contributed by atoms with van der Waals surface area (Å²) in [4.78, 5) is 27.4. The van der Waals surface area contributed by atoms with Gasteiger partial charge in [0, 0.05) is 29.4 Å². The van der Waals surface area contributed by atoms with Gasteiger partial charge in [0.05, 0.1) is 5.92 Å². The summed E-state index contributed by atoms with van der Waals surface area (Å²) in [6.45, 7) is 3.46. The Morgan fingerprint density at radius 3 is 2.33 bits per heavy atom. The number of hydrogen-bond donors (Lipinski definition) is 1. The van der Waals surface area contributed by atoms with Crippen molar-refractivity contribution in [3.05, 3.63) is 33.8 Å². The molecule has 1 amide bonds. The Bertz CT molecular complexity index is 938. The lowest BCUT2D eigenvalue weighted by molar-refractivity contribution is -0.142. The highest BCUT2D eigenvalue weighted by Crippen LogP contribution is 2.58. The van der Waals surface area contributed by atoms with E-state index < -0.39 is 11.9 Å². The third-order valence-electron chi connectivity index (χ3n) is 10.5. The van der Waals surface area contributed by atoms with Gasteiger partial charge in [-0.1, -0.05) is 35.0 Å². The number of rotatable bonds is 4. The molecule has 1 N–H and O–H groups in total. The normalized spacial score (nSPS) is 36.7. The molecule has 1 aliphatic heterocycles. The molecule has 4 bridgehead atoms. The predicted molar refractivity (Wildman–Crippen MR) is 131 cm³/mol. The number of fused-ring (bicyclic) bond motifs is 2. The van der Waals surface area contributed by atoms with Crippen LogP contribution in [0.15, 0.2) is 22.7 Å². The molecule has 4 nitrogen and oxygen atoms in total. The standard InChI is InChI=1S/C28H36BrNO3/c1-16(27(32)33)23-15-28(26-21(23)3-2-4-24(26)29)5-7-30(8-6-28)25(31)14-22-19-10-17-9-18(12-19)13-20(22)11-17/h2-4,16-20,22-23H,5-15H2,1H3,(H,32,33). The van der Waals surface area contributed by atoms with Crippen LogP contribution < -0.4 is 0 Å². The lowest BCUT2D eigenvalue weighted by atomic mass is 9.51. The number of carboxylic acid groups (broad SMARTS) is 1. The number of aliphatic carboxylic acids is 1. The quantitative estimate of drug-likeness (QED) is 0.538. The van der Waals surface area contributed by atoms with Gasteiger partial charge in [-0.05, 0) is 104 Å². The molecule has 5 fully saturated rings. The van der Waals surface area contributed by atoms with Crippen molar-refractivity contribution in [2.24, 2.45) is 35.5 Å². The lowest BCUT2D eigenvalue weighted by Crippen LogP contribution is -2.49. The van der Waals surface area contributed by atoms with Crippen LogP contribution in [-0.4, -0.2) is 35.0 Å². The zero-order chi connectivity index (χ0) is 22.9. The van der Waals surface area contributed by atoms with Crippen molar-refractivity contribution >= 4 is 27.8 Å². The molecule has 1 heterocycles. The summed E-state index contributed by atoms with van der Waals surface area (Å²) >= 11 is 3.79. The maximum atomic E-state index is 13.4. The summed E-state index contributed by atoms with van der Waals surface area (Å²) in [5.74, 6) is 3.46. The number of likely N-dealkylation sites (tertiary alicyclic amines) is 1. The van der Waals surface area contributed by atoms with Gasteiger partial charge in [-0.2, -0.15) is 0 Å². The molecule has 6 aliphatic rings. The Balaban J connectivity index is 1.16. The minimum atomic E-state index is -0.716. The fourth-order valence-electron chi connectivity index (χ4n) is 9.00. The highest BCUT2D eigenvalue weighted by molar-refractivity contribution is 9.10. The topological polar surface area (TPSA) is 57.6 Å². The fourth-order valence-corrected chi connectivity index (χ4v) is 9.80. The van der Waals surface area contributed by atoms with Gasteiger partial charge in [0.1, 0.15) is 0 Å². The van der Waals surface area contributed by atoms with Crippen LogP contribution in [0.4, 0.5) is 0 Å². The molecule has 2 atom stereocenters. The van der Waals surface area contributed by atoms with Crippen molar-refractivity contribution in [3.63, 3.8) is 0 Å².